The van der Waals surface area contributed by atoms with E-state index in [1.54, 1.807) is 13.1 Å². The highest BCUT2D eigenvalue weighted by Crippen LogP contribution is 2.31. The first-order chi connectivity index (χ1) is 13.5. The molecule has 28 heavy (non-hydrogen) atoms. The molecule has 0 spiro atoms. The Bertz CT molecular complexity index is 910. The van der Waals surface area contributed by atoms with Crippen LogP contribution in [0.4, 0.5) is 5.69 Å². The molecule has 0 bridgehead atoms. The summed E-state index contributed by atoms with van der Waals surface area (Å²) in [5.74, 6) is 5.94. The summed E-state index contributed by atoms with van der Waals surface area (Å²) in [6.45, 7) is 2.58. The average Bonchev–Trinajstić information content (AvgIpc) is 3.16. The molecule has 1 aromatic rings. The lowest BCUT2D eigenvalue weighted by Gasteiger charge is -2.20. The summed E-state index contributed by atoms with van der Waals surface area (Å²) >= 11 is 0. The van der Waals surface area contributed by atoms with E-state index in [2.05, 4.69) is 32.7 Å². The molecule has 8 nitrogen and oxygen atoms in total. The third-order valence-electron chi connectivity index (χ3n) is 4.51. The van der Waals surface area contributed by atoms with Crippen molar-refractivity contribution >= 4 is 28.9 Å². The lowest BCUT2D eigenvalue weighted by atomic mass is 10.1. The zero-order valence-electron chi connectivity index (χ0n) is 16.2. The van der Waals surface area contributed by atoms with Crippen LogP contribution in [0.25, 0.3) is 0 Å². The number of nitrogens with one attached hydrogen (secondary N) is 2. The number of anilines is 1. The van der Waals surface area contributed by atoms with Gasteiger partial charge in [0, 0.05) is 24.7 Å². The second-order valence-electron chi connectivity index (χ2n) is 6.49. The number of hydrogen-bond acceptors (Lipinski definition) is 6. The average molecular weight is 381 g/mol. The number of nitrogens with zero attached hydrogens (tertiary/aromatic N) is 3. The van der Waals surface area contributed by atoms with Gasteiger partial charge in [-0.05, 0) is 31.7 Å². The summed E-state index contributed by atoms with van der Waals surface area (Å²) in [6.07, 6.45) is 1.15. The topological polar surface area (TPSA) is 95.4 Å². The van der Waals surface area contributed by atoms with E-state index in [1.807, 2.05) is 26.1 Å². The molecule has 3 rings (SSSR count). The number of rotatable bonds is 4. The molecule has 2 amide bonds. The Hall–Kier alpha value is -3.18. The molecule has 2 aliphatic rings. The number of hydrogen-bond donors (Lipinski definition) is 2. The zero-order chi connectivity index (χ0) is 20.1. The maximum atomic E-state index is 12.9. The van der Waals surface area contributed by atoms with Gasteiger partial charge in [-0.3, -0.25) is 9.59 Å². The van der Waals surface area contributed by atoms with Crippen molar-refractivity contribution in [2.45, 2.75) is 25.8 Å². The van der Waals surface area contributed by atoms with E-state index >= 15 is 0 Å². The van der Waals surface area contributed by atoms with Crippen LogP contribution in [-0.2, 0) is 9.59 Å². The Kier molecular flexibility index (Phi) is 6.06. The SMILES string of the molecule is CCC1=NN=C(C(=O)N[C@H]2COc3ccc(C#CCNC)cc3N(C)C2=O)C1. The quantitative estimate of drug-likeness (QED) is 0.751. The first kappa shape index (κ1) is 19.6. The smallest absolute Gasteiger partial charge is 0.268 e. The van der Waals surface area contributed by atoms with Crippen molar-refractivity contribution in [3.63, 3.8) is 0 Å². The van der Waals surface area contributed by atoms with Gasteiger partial charge in [0.25, 0.3) is 11.8 Å². The Morgan fingerprint density at radius 1 is 1.39 bits per heavy atom. The number of carbonyl (C=O) groups excluding carboxylic acids is 2. The highest BCUT2D eigenvalue weighted by Gasteiger charge is 2.32. The summed E-state index contributed by atoms with van der Waals surface area (Å²) in [5, 5.41) is 13.6. The van der Waals surface area contributed by atoms with Crippen molar-refractivity contribution in [3.05, 3.63) is 23.8 Å². The molecule has 0 saturated heterocycles. The van der Waals surface area contributed by atoms with Crippen molar-refractivity contribution in [3.8, 4) is 17.6 Å². The van der Waals surface area contributed by atoms with Gasteiger partial charge in [0.15, 0.2) is 0 Å². The molecule has 2 aliphatic heterocycles. The molecule has 0 saturated carbocycles. The Labute approximate surface area is 164 Å². The number of likely N-dealkylation sites (N-methyl/N-ethyl adjacent to an activating group) is 1. The Balaban J connectivity index is 1.72. The summed E-state index contributed by atoms with van der Waals surface area (Å²) in [5.41, 5.74) is 2.57. The van der Waals surface area contributed by atoms with E-state index in [-0.39, 0.29) is 12.5 Å². The molecular formula is C20H23N5O3. The van der Waals surface area contributed by atoms with Crippen molar-refractivity contribution in [2.75, 3.05) is 32.1 Å². The van der Waals surface area contributed by atoms with Gasteiger partial charge in [-0.2, -0.15) is 5.10 Å². The van der Waals surface area contributed by atoms with Gasteiger partial charge in [0.2, 0.25) is 0 Å². The van der Waals surface area contributed by atoms with Crippen LogP contribution in [-0.4, -0.2) is 56.5 Å². The minimum absolute atomic E-state index is 0.0431. The zero-order valence-corrected chi connectivity index (χ0v) is 16.2. The fourth-order valence-electron chi connectivity index (χ4n) is 2.87. The molecule has 146 valence electrons. The fraction of sp³-hybridized carbons (Fsp3) is 0.400. The maximum Gasteiger partial charge on any atom is 0.268 e. The van der Waals surface area contributed by atoms with Crippen LogP contribution in [0.3, 0.4) is 0 Å². The highest BCUT2D eigenvalue weighted by molar-refractivity contribution is 6.43. The minimum Gasteiger partial charge on any atom is -0.489 e. The van der Waals surface area contributed by atoms with Crippen LogP contribution in [0.5, 0.6) is 5.75 Å². The summed E-state index contributed by atoms with van der Waals surface area (Å²) in [4.78, 5) is 26.8. The molecule has 8 heteroatoms. The van der Waals surface area contributed by atoms with Crippen LogP contribution in [0, 0.1) is 11.8 Å². The van der Waals surface area contributed by atoms with E-state index < -0.39 is 11.9 Å². The molecule has 0 aliphatic carbocycles. The van der Waals surface area contributed by atoms with Crippen LogP contribution < -0.4 is 20.3 Å². The second kappa shape index (κ2) is 8.67. The Morgan fingerprint density at radius 2 is 2.21 bits per heavy atom. The monoisotopic (exact) mass is 381 g/mol. The molecule has 1 atom stereocenters. The van der Waals surface area contributed by atoms with E-state index in [1.165, 1.54) is 4.90 Å². The van der Waals surface area contributed by atoms with Gasteiger partial charge in [-0.1, -0.05) is 18.8 Å². The van der Waals surface area contributed by atoms with Crippen LogP contribution in [0.15, 0.2) is 28.4 Å². The maximum absolute atomic E-state index is 12.9. The first-order valence-electron chi connectivity index (χ1n) is 9.14. The number of amides is 2. The molecule has 2 heterocycles. The van der Waals surface area contributed by atoms with Gasteiger partial charge in [0.1, 0.15) is 24.1 Å². The van der Waals surface area contributed by atoms with Crippen LogP contribution in [0.1, 0.15) is 25.3 Å². The predicted molar refractivity (Wildman–Crippen MR) is 108 cm³/mol. The van der Waals surface area contributed by atoms with Crippen LogP contribution in [0.2, 0.25) is 0 Å². The molecule has 0 fully saturated rings. The fourth-order valence-corrected chi connectivity index (χ4v) is 2.87. The van der Waals surface area contributed by atoms with Gasteiger partial charge < -0.3 is 20.3 Å². The number of ether oxygens (including phenoxy) is 1. The van der Waals surface area contributed by atoms with Crippen molar-refractivity contribution in [1.29, 1.82) is 0 Å². The largest absolute Gasteiger partial charge is 0.489 e. The molecule has 1 aromatic carbocycles. The standard InChI is InChI=1S/C20H23N5O3/c1-4-14-11-15(24-23-14)19(26)22-16-12-28-18-8-7-13(6-5-9-21-2)10-17(18)25(3)20(16)27/h7-8,10,16,21H,4,9,11-12H2,1-3H3,(H,22,26)/t16-/m0/s1. The molecule has 2 N–H and O–H groups in total. The summed E-state index contributed by atoms with van der Waals surface area (Å²) in [7, 11) is 3.48. The van der Waals surface area contributed by atoms with Gasteiger partial charge in [-0.15, -0.1) is 5.10 Å². The number of fused-ring (bicyclic) bond motifs is 1. The second-order valence-corrected chi connectivity index (χ2v) is 6.49. The van der Waals surface area contributed by atoms with E-state index in [0.717, 1.165) is 17.7 Å². The van der Waals surface area contributed by atoms with Crippen molar-refractivity contribution < 1.29 is 14.3 Å². The lowest BCUT2D eigenvalue weighted by molar-refractivity contribution is -0.124. The molecule has 0 unspecified atom stereocenters. The van der Waals surface area contributed by atoms with Gasteiger partial charge in [-0.25, -0.2) is 0 Å². The van der Waals surface area contributed by atoms with E-state index in [9.17, 15) is 9.59 Å². The molecule has 0 radical (unpaired) electrons. The molecular weight excluding hydrogens is 358 g/mol. The summed E-state index contributed by atoms with van der Waals surface area (Å²) < 4.78 is 5.78. The van der Waals surface area contributed by atoms with Crippen molar-refractivity contribution in [1.82, 2.24) is 10.6 Å². The first-order valence-corrected chi connectivity index (χ1v) is 9.14. The van der Waals surface area contributed by atoms with E-state index in [4.69, 9.17) is 4.74 Å². The van der Waals surface area contributed by atoms with E-state index in [0.29, 0.717) is 30.1 Å². The number of carbonyl (C=O) groups is 2. The van der Waals surface area contributed by atoms with Gasteiger partial charge in [0.05, 0.1) is 12.2 Å². The summed E-state index contributed by atoms with van der Waals surface area (Å²) in [6, 6.07) is 4.63. The highest BCUT2D eigenvalue weighted by atomic mass is 16.5. The predicted octanol–water partition coefficient (Wildman–Crippen LogP) is 0.708. The number of benzene rings is 1. The lowest BCUT2D eigenvalue weighted by Crippen LogP contribution is -2.51. The van der Waals surface area contributed by atoms with Crippen molar-refractivity contribution in [2.24, 2.45) is 10.2 Å². The van der Waals surface area contributed by atoms with Crippen LogP contribution >= 0.6 is 0 Å². The molecule has 0 aromatic heterocycles. The normalized spacial score (nSPS) is 18.2. The Morgan fingerprint density at radius 3 is 2.93 bits per heavy atom. The van der Waals surface area contributed by atoms with Gasteiger partial charge >= 0.3 is 0 Å². The third-order valence-corrected chi connectivity index (χ3v) is 4.51. The minimum atomic E-state index is -0.808. The third kappa shape index (κ3) is 4.21.